The number of carbonyl (C=O) groups is 1. The summed E-state index contributed by atoms with van der Waals surface area (Å²) >= 11 is 0. The normalized spacial score (nSPS) is 15.5. The third-order valence-corrected chi connectivity index (χ3v) is 4.84. The van der Waals surface area contributed by atoms with Crippen molar-refractivity contribution < 1.29 is 4.79 Å². The van der Waals surface area contributed by atoms with Crippen LogP contribution in [0, 0.1) is 0 Å². The van der Waals surface area contributed by atoms with Crippen molar-refractivity contribution in [3.63, 3.8) is 0 Å². The summed E-state index contributed by atoms with van der Waals surface area (Å²) in [6, 6.07) is 20.1. The van der Waals surface area contributed by atoms with Crippen molar-refractivity contribution in [1.29, 1.82) is 0 Å². The monoisotopic (exact) mass is 384 g/mol. The lowest BCUT2D eigenvalue weighted by molar-refractivity contribution is 0.0896. The minimum absolute atomic E-state index is 0.0520. The Kier molecular flexibility index (Phi) is 5.29. The second-order valence-electron chi connectivity index (χ2n) is 6.85. The lowest BCUT2D eigenvalue weighted by Gasteiger charge is -2.28. The summed E-state index contributed by atoms with van der Waals surface area (Å²) in [6.45, 7) is 3.84. The molecule has 3 aromatic rings. The van der Waals surface area contributed by atoms with E-state index in [4.69, 9.17) is 5.10 Å². The fraction of sp³-hybridized carbons (Fsp3) is 0.167. The van der Waals surface area contributed by atoms with Gasteiger partial charge in [0.25, 0.3) is 0 Å². The number of carbonyl (C=O) groups excluding carboxylic acids is 1. The van der Waals surface area contributed by atoms with Crippen molar-refractivity contribution in [3.8, 4) is 22.4 Å². The molecule has 1 atom stereocenters. The molecule has 0 aliphatic carbocycles. The molecular weight excluding hydrogens is 360 g/mol. The quantitative estimate of drug-likeness (QED) is 0.623. The van der Waals surface area contributed by atoms with Crippen LogP contribution in [-0.4, -0.2) is 21.9 Å². The van der Waals surface area contributed by atoms with E-state index < -0.39 is 0 Å². The summed E-state index contributed by atoms with van der Waals surface area (Å²) in [5.74, 6) is 0.652. The Bertz CT molecular complexity index is 1070. The maximum absolute atomic E-state index is 12.7. The Hall–Kier alpha value is -3.60. The van der Waals surface area contributed by atoms with Crippen LogP contribution in [-0.2, 0) is 0 Å². The van der Waals surface area contributed by atoms with Crippen LogP contribution in [0.1, 0.15) is 25.1 Å². The molecule has 2 N–H and O–H groups in total. The summed E-state index contributed by atoms with van der Waals surface area (Å²) in [5.41, 5.74) is 4.76. The lowest BCUT2D eigenvalue weighted by Crippen LogP contribution is -2.42. The third-order valence-electron chi connectivity index (χ3n) is 4.84. The molecule has 0 radical (unpaired) electrons. The van der Waals surface area contributed by atoms with Gasteiger partial charge in [0.05, 0.1) is 5.56 Å². The molecule has 1 aliphatic rings. The Morgan fingerprint density at radius 2 is 1.72 bits per heavy atom. The summed E-state index contributed by atoms with van der Waals surface area (Å²) in [7, 11) is 0. The van der Waals surface area contributed by atoms with Gasteiger partial charge in [-0.25, -0.2) is 0 Å². The molecule has 1 aliphatic heterocycles. The molecule has 4 rings (SSSR count). The molecule has 0 amide bonds. The topological polar surface area (TPSA) is 59.0 Å². The van der Waals surface area contributed by atoms with Gasteiger partial charge in [0.2, 0.25) is 5.91 Å². The van der Waals surface area contributed by atoms with Gasteiger partial charge in [-0.1, -0.05) is 73.7 Å². The van der Waals surface area contributed by atoms with Crippen molar-refractivity contribution in [3.05, 3.63) is 84.6 Å². The van der Waals surface area contributed by atoms with Gasteiger partial charge in [0.1, 0.15) is 17.7 Å². The fourth-order valence-electron chi connectivity index (χ4n) is 3.42. The van der Waals surface area contributed by atoms with Crippen LogP contribution in [0.3, 0.4) is 0 Å². The molecule has 0 saturated heterocycles. The first-order chi connectivity index (χ1) is 14.2. The number of benzene rings is 2. The van der Waals surface area contributed by atoms with E-state index in [0.717, 1.165) is 28.1 Å². The van der Waals surface area contributed by atoms with E-state index in [1.54, 1.807) is 0 Å². The van der Waals surface area contributed by atoms with Gasteiger partial charge < -0.3 is 10.6 Å². The van der Waals surface area contributed by atoms with Crippen LogP contribution in [0.25, 0.3) is 22.4 Å². The Labute approximate surface area is 170 Å². The largest absolute Gasteiger partial charge is 0.362 e. The highest BCUT2D eigenvalue weighted by molar-refractivity contribution is 5.94. The number of hydrogen-bond acceptors (Lipinski definition) is 4. The van der Waals surface area contributed by atoms with Gasteiger partial charge in [0.15, 0.2) is 0 Å². The zero-order valence-corrected chi connectivity index (χ0v) is 16.6. The third kappa shape index (κ3) is 3.72. The Balaban J connectivity index is 1.87. The van der Waals surface area contributed by atoms with Gasteiger partial charge in [-0.2, -0.15) is 9.78 Å². The summed E-state index contributed by atoms with van der Waals surface area (Å²) in [4.78, 5) is 12.7. The molecule has 1 unspecified atom stereocenters. The van der Waals surface area contributed by atoms with Gasteiger partial charge in [-0.05, 0) is 24.6 Å². The van der Waals surface area contributed by atoms with Gasteiger partial charge in [-0.15, -0.1) is 0 Å². The lowest BCUT2D eigenvalue weighted by atomic mass is 10.0. The van der Waals surface area contributed by atoms with Crippen LogP contribution >= 0.6 is 0 Å². The molecule has 5 heteroatoms. The number of rotatable bonds is 6. The zero-order valence-electron chi connectivity index (χ0n) is 16.6. The number of anilines is 1. The number of aromatic nitrogens is 2. The van der Waals surface area contributed by atoms with Gasteiger partial charge in [-0.3, -0.25) is 4.79 Å². The number of hydrogen-bond donors (Lipinski definition) is 2. The molecule has 0 fully saturated rings. The second-order valence-corrected chi connectivity index (χ2v) is 6.85. The standard InChI is InChI=1S/C24H24N4O/c1-3-11-19-16-20(25-19)26-24-22(17-12-7-5-8-13-17)23(18-14-9-6-10-15-18)27-28(24)21(29)4-2/h3,5-16,20,25-26H,4H2,1-2H3/b11-3-. The predicted molar refractivity (Wildman–Crippen MR) is 117 cm³/mol. The van der Waals surface area contributed by atoms with Crippen LogP contribution in [0.4, 0.5) is 5.82 Å². The molecule has 5 nitrogen and oxygen atoms in total. The average molecular weight is 384 g/mol. The van der Waals surface area contributed by atoms with Crippen molar-refractivity contribution in [2.45, 2.75) is 26.4 Å². The Morgan fingerprint density at radius 1 is 1.10 bits per heavy atom. The summed E-state index contributed by atoms with van der Waals surface area (Å²) in [5, 5.41) is 11.6. The predicted octanol–water partition coefficient (Wildman–Crippen LogP) is 5.07. The van der Waals surface area contributed by atoms with E-state index in [1.807, 2.05) is 86.7 Å². The molecule has 1 aromatic heterocycles. The van der Waals surface area contributed by atoms with Crippen LogP contribution in [0.5, 0.6) is 0 Å². The van der Waals surface area contributed by atoms with E-state index >= 15 is 0 Å². The van der Waals surface area contributed by atoms with E-state index in [-0.39, 0.29) is 12.1 Å². The molecule has 0 spiro atoms. The van der Waals surface area contributed by atoms with Crippen molar-refractivity contribution in [2.24, 2.45) is 0 Å². The van der Waals surface area contributed by atoms with Gasteiger partial charge in [0, 0.05) is 17.7 Å². The highest BCUT2D eigenvalue weighted by atomic mass is 16.2. The first kappa shape index (κ1) is 18.7. The zero-order chi connectivity index (χ0) is 20.2. The molecular formula is C24H24N4O. The number of nitrogens with zero attached hydrogens (tertiary/aromatic N) is 2. The van der Waals surface area contributed by atoms with Gasteiger partial charge >= 0.3 is 0 Å². The smallest absolute Gasteiger partial charge is 0.248 e. The molecule has 29 heavy (non-hydrogen) atoms. The minimum Gasteiger partial charge on any atom is -0.362 e. The van der Waals surface area contributed by atoms with Crippen LogP contribution in [0.15, 0.2) is 84.6 Å². The molecule has 0 bridgehead atoms. The highest BCUT2D eigenvalue weighted by Crippen LogP contribution is 2.38. The summed E-state index contributed by atoms with van der Waals surface area (Å²) < 4.78 is 1.51. The molecule has 2 heterocycles. The van der Waals surface area contributed by atoms with E-state index in [2.05, 4.69) is 16.7 Å². The highest BCUT2D eigenvalue weighted by Gasteiger charge is 2.26. The fourth-order valence-corrected chi connectivity index (χ4v) is 3.42. The van der Waals surface area contributed by atoms with Crippen molar-refractivity contribution >= 4 is 11.7 Å². The number of allylic oxidation sites excluding steroid dienone is 2. The van der Waals surface area contributed by atoms with Crippen LogP contribution in [0.2, 0.25) is 0 Å². The second kappa shape index (κ2) is 8.19. The first-order valence-electron chi connectivity index (χ1n) is 9.86. The van der Waals surface area contributed by atoms with Crippen LogP contribution < -0.4 is 10.6 Å². The average Bonchev–Trinajstić information content (AvgIpc) is 3.12. The maximum Gasteiger partial charge on any atom is 0.248 e. The molecule has 2 aromatic carbocycles. The minimum atomic E-state index is -0.0626. The SMILES string of the molecule is C/C=C\C1=CC(Nc2c(-c3ccccc3)c(-c3ccccc3)nn2C(=O)CC)N1. The van der Waals surface area contributed by atoms with E-state index in [1.165, 1.54) is 4.68 Å². The summed E-state index contributed by atoms with van der Waals surface area (Å²) in [6.07, 6.45) is 6.40. The van der Waals surface area contributed by atoms with Crippen molar-refractivity contribution in [1.82, 2.24) is 15.1 Å². The number of nitrogens with one attached hydrogen (secondary N) is 2. The van der Waals surface area contributed by atoms with Crippen molar-refractivity contribution in [2.75, 3.05) is 5.32 Å². The van der Waals surface area contributed by atoms with E-state index in [0.29, 0.717) is 12.2 Å². The molecule has 0 saturated carbocycles. The Morgan fingerprint density at radius 3 is 2.31 bits per heavy atom. The first-order valence-corrected chi connectivity index (χ1v) is 9.86. The maximum atomic E-state index is 12.7. The van der Waals surface area contributed by atoms with E-state index in [9.17, 15) is 4.79 Å². The molecule has 146 valence electrons.